The highest BCUT2D eigenvalue weighted by atomic mass is 15.1. The Labute approximate surface area is 456 Å². The highest BCUT2D eigenvalue weighted by Crippen LogP contribution is 2.66. The monoisotopic (exact) mass is 992 g/mol. The Morgan fingerprint density at radius 3 is 0.744 bits per heavy atom. The Bertz CT molecular complexity index is 3890. The molecule has 0 unspecified atom stereocenters. The van der Waals surface area contributed by atoms with Crippen LogP contribution in [-0.2, 0) is 10.8 Å². The lowest BCUT2D eigenvalue weighted by Crippen LogP contribution is -2.35. The number of fused-ring (bicyclic) bond motifs is 9. The maximum atomic E-state index is 2.53. The standard InChI is InChI=1S/C76H52N2/c1-9-25-57(26-10-1)75(58-27-11-2-12-28-58)71-51-55-47-65(77(61-33-17-5-18-34-61)62-35-19-6-20-36-62)43-41-53(55)49-69(71)67-45-46-68-70-50-54-42-44-66(78(63-37-21-7-22-38-63)64-39-23-8-24-40-64)48-56(54)52-72(70)76(74(68)73(67)75,59-29-13-3-14-30-59)60-31-15-4-16-32-60/h1-52H. The molecule has 0 saturated carbocycles. The van der Waals surface area contributed by atoms with Crippen molar-refractivity contribution in [1.82, 2.24) is 0 Å². The zero-order valence-corrected chi connectivity index (χ0v) is 42.9. The minimum absolute atomic E-state index is 0.739. The van der Waals surface area contributed by atoms with Crippen LogP contribution < -0.4 is 9.80 Å². The maximum absolute atomic E-state index is 2.53. The van der Waals surface area contributed by atoms with E-state index >= 15 is 0 Å². The van der Waals surface area contributed by atoms with E-state index in [9.17, 15) is 0 Å². The van der Waals surface area contributed by atoms with Crippen molar-refractivity contribution in [3.63, 3.8) is 0 Å². The molecule has 2 aliphatic rings. The molecule has 13 aromatic carbocycles. The van der Waals surface area contributed by atoms with Crippen LogP contribution in [0.15, 0.2) is 315 Å². The number of anilines is 6. The smallest absolute Gasteiger partial charge is 0.0717 e. The molecule has 13 aromatic rings. The maximum Gasteiger partial charge on any atom is 0.0717 e. The van der Waals surface area contributed by atoms with Crippen LogP contribution >= 0.6 is 0 Å². The molecule has 78 heavy (non-hydrogen) atoms. The van der Waals surface area contributed by atoms with Crippen molar-refractivity contribution in [2.45, 2.75) is 10.8 Å². The molecule has 0 bridgehead atoms. The molecule has 0 radical (unpaired) electrons. The molecule has 366 valence electrons. The summed E-state index contributed by atoms with van der Waals surface area (Å²) in [5.74, 6) is 0. The third kappa shape index (κ3) is 6.90. The molecule has 2 nitrogen and oxygen atoms in total. The van der Waals surface area contributed by atoms with Gasteiger partial charge in [-0.3, -0.25) is 0 Å². The van der Waals surface area contributed by atoms with Gasteiger partial charge in [-0.2, -0.15) is 0 Å². The van der Waals surface area contributed by atoms with E-state index in [1.165, 1.54) is 88.3 Å². The average Bonchev–Trinajstić information content (AvgIpc) is 2.27. The number of para-hydroxylation sites is 4. The summed E-state index contributed by atoms with van der Waals surface area (Å²) in [7, 11) is 0. The van der Waals surface area contributed by atoms with Crippen LogP contribution in [0.5, 0.6) is 0 Å². The molecule has 0 heterocycles. The minimum Gasteiger partial charge on any atom is -0.310 e. The average molecular weight is 993 g/mol. The Balaban J connectivity index is 1.04. The number of hydrogen-bond acceptors (Lipinski definition) is 2. The van der Waals surface area contributed by atoms with Crippen LogP contribution in [-0.4, -0.2) is 0 Å². The molecule has 0 saturated heterocycles. The van der Waals surface area contributed by atoms with E-state index in [1.807, 2.05) is 0 Å². The molecule has 0 spiro atoms. The Morgan fingerprint density at radius 1 is 0.192 bits per heavy atom. The number of hydrogen-bond donors (Lipinski definition) is 0. The lowest BCUT2D eigenvalue weighted by atomic mass is 9.60. The summed E-state index contributed by atoms with van der Waals surface area (Å²) < 4.78 is 0. The van der Waals surface area contributed by atoms with Gasteiger partial charge < -0.3 is 9.80 Å². The summed E-state index contributed by atoms with van der Waals surface area (Å²) in [5.41, 5.74) is 20.4. The molecule has 2 aliphatic carbocycles. The highest BCUT2D eigenvalue weighted by Gasteiger charge is 2.55. The van der Waals surface area contributed by atoms with Crippen LogP contribution in [0, 0.1) is 0 Å². The first-order chi connectivity index (χ1) is 38.7. The zero-order valence-electron chi connectivity index (χ0n) is 42.9. The highest BCUT2D eigenvalue weighted by molar-refractivity contribution is 6.04. The summed E-state index contributed by atoms with van der Waals surface area (Å²) in [6, 6.07) is 117. The second kappa shape index (κ2) is 18.4. The third-order valence-electron chi connectivity index (χ3n) is 16.7. The number of nitrogens with zero attached hydrogens (tertiary/aromatic N) is 2. The van der Waals surface area contributed by atoms with Crippen molar-refractivity contribution in [3.05, 3.63) is 360 Å². The number of rotatable bonds is 10. The fourth-order valence-corrected chi connectivity index (χ4v) is 13.5. The predicted octanol–water partition coefficient (Wildman–Crippen LogP) is 19.7. The first-order valence-electron chi connectivity index (χ1n) is 27.1. The van der Waals surface area contributed by atoms with Crippen LogP contribution in [0.2, 0.25) is 0 Å². The summed E-state index contributed by atoms with van der Waals surface area (Å²) in [6.07, 6.45) is 0. The van der Waals surface area contributed by atoms with Crippen LogP contribution in [0.1, 0.15) is 44.5 Å². The van der Waals surface area contributed by atoms with Gasteiger partial charge >= 0.3 is 0 Å². The van der Waals surface area contributed by atoms with Crippen molar-refractivity contribution in [3.8, 4) is 22.3 Å². The molecule has 0 aromatic heterocycles. The summed E-state index contributed by atoms with van der Waals surface area (Å²) in [6.45, 7) is 0. The summed E-state index contributed by atoms with van der Waals surface area (Å²) in [5, 5.41) is 4.77. The normalized spacial score (nSPS) is 13.3. The topological polar surface area (TPSA) is 6.48 Å². The van der Waals surface area contributed by atoms with Gasteiger partial charge in [-0.15, -0.1) is 0 Å². The van der Waals surface area contributed by atoms with Gasteiger partial charge in [0.15, 0.2) is 0 Å². The van der Waals surface area contributed by atoms with Crippen molar-refractivity contribution < 1.29 is 0 Å². The third-order valence-corrected chi connectivity index (χ3v) is 16.7. The quantitative estimate of drug-likeness (QED) is 0.135. The number of benzene rings is 13. The van der Waals surface area contributed by atoms with E-state index in [0.29, 0.717) is 0 Å². The summed E-state index contributed by atoms with van der Waals surface area (Å²) >= 11 is 0. The molecule has 0 atom stereocenters. The Morgan fingerprint density at radius 2 is 0.462 bits per heavy atom. The van der Waals surface area contributed by atoms with E-state index < -0.39 is 10.8 Å². The predicted molar refractivity (Wildman–Crippen MR) is 325 cm³/mol. The van der Waals surface area contributed by atoms with Gasteiger partial charge in [0, 0.05) is 34.1 Å². The molecular weight excluding hydrogens is 941 g/mol. The molecule has 15 rings (SSSR count). The first kappa shape index (κ1) is 45.4. The molecule has 0 amide bonds. The molecule has 2 heteroatoms. The largest absolute Gasteiger partial charge is 0.310 e. The van der Waals surface area contributed by atoms with Gasteiger partial charge in [0.05, 0.1) is 10.8 Å². The fraction of sp³-hybridized carbons (Fsp3) is 0.0263. The lowest BCUT2D eigenvalue weighted by molar-refractivity contribution is 0.705. The van der Waals surface area contributed by atoms with Crippen molar-refractivity contribution in [2.24, 2.45) is 0 Å². The SMILES string of the molecule is c1ccc(N(c2ccccc2)c2ccc3cc4c(cc3c2)C(c2ccccc2)(c2ccccc2)c2c-4ccc3c2C(c2ccccc2)(c2ccccc2)c2cc4cc(N(c5ccccc5)c5ccccc5)ccc4cc2-3)cc1. The second-order valence-electron chi connectivity index (χ2n) is 20.7. The van der Waals surface area contributed by atoms with Gasteiger partial charge in [-0.1, -0.05) is 218 Å². The van der Waals surface area contributed by atoms with Crippen molar-refractivity contribution >= 4 is 55.7 Å². The molecule has 0 aliphatic heterocycles. The van der Waals surface area contributed by atoms with E-state index in [2.05, 4.69) is 325 Å². The van der Waals surface area contributed by atoms with Crippen molar-refractivity contribution in [1.29, 1.82) is 0 Å². The first-order valence-corrected chi connectivity index (χ1v) is 27.1. The Kier molecular flexibility index (Phi) is 10.7. The van der Waals surface area contributed by atoms with Crippen molar-refractivity contribution in [2.75, 3.05) is 9.80 Å². The minimum atomic E-state index is -0.739. The van der Waals surface area contributed by atoms with Crippen LogP contribution in [0.4, 0.5) is 34.1 Å². The fourth-order valence-electron chi connectivity index (χ4n) is 13.5. The molecule has 0 fully saturated rings. The van der Waals surface area contributed by atoms with Crippen LogP contribution in [0.3, 0.4) is 0 Å². The van der Waals surface area contributed by atoms with E-state index in [4.69, 9.17) is 0 Å². The summed E-state index contributed by atoms with van der Waals surface area (Å²) in [4.78, 5) is 4.74. The molecular formula is C76H52N2. The van der Waals surface area contributed by atoms with Crippen LogP contribution in [0.25, 0.3) is 43.8 Å². The lowest BCUT2D eigenvalue weighted by Gasteiger charge is -2.41. The van der Waals surface area contributed by atoms with E-state index in [1.54, 1.807) is 0 Å². The molecule has 0 N–H and O–H groups in total. The Hall–Kier alpha value is -10.0. The van der Waals surface area contributed by atoms with Gasteiger partial charge in [0.1, 0.15) is 0 Å². The van der Waals surface area contributed by atoms with Gasteiger partial charge in [0.25, 0.3) is 0 Å². The van der Waals surface area contributed by atoms with Gasteiger partial charge in [0.2, 0.25) is 0 Å². The van der Waals surface area contributed by atoms with Gasteiger partial charge in [-0.25, -0.2) is 0 Å². The second-order valence-corrected chi connectivity index (χ2v) is 20.7. The zero-order chi connectivity index (χ0) is 51.6. The van der Waals surface area contributed by atoms with E-state index in [-0.39, 0.29) is 0 Å². The van der Waals surface area contributed by atoms with E-state index in [0.717, 1.165) is 34.1 Å². The van der Waals surface area contributed by atoms with Gasteiger partial charge in [-0.05, 0) is 185 Å².